The average molecular weight is 602 g/mol. The fourth-order valence-corrected chi connectivity index (χ4v) is 5.45. The molecule has 12 heteroatoms. The van der Waals surface area contributed by atoms with Crippen LogP contribution in [0, 0.1) is 0 Å². The van der Waals surface area contributed by atoms with Crippen LogP contribution in [-0.2, 0) is 11.4 Å². The predicted molar refractivity (Wildman–Crippen MR) is 143 cm³/mol. The lowest BCUT2D eigenvalue weighted by Crippen LogP contribution is -2.61. The molecule has 2 atom stereocenters. The van der Waals surface area contributed by atoms with Crippen LogP contribution < -0.4 is 14.4 Å². The lowest BCUT2D eigenvalue weighted by molar-refractivity contribution is -0.135. The Balaban J connectivity index is 1.38. The number of β-lactam (4-membered cyclic amide) rings is 1. The first-order chi connectivity index (χ1) is 17.3. The number of carbonyl (C=O) groups excluding carboxylic acids is 1. The van der Waals surface area contributed by atoms with Crippen LogP contribution in [0.4, 0.5) is 5.13 Å². The predicted octanol–water partition coefficient (Wildman–Crippen LogP) is 7.92. The molecule has 1 aliphatic heterocycles. The molecular formula is C24H14Cl5N3O3S. The van der Waals surface area contributed by atoms with E-state index in [2.05, 4.69) is 10.2 Å². The summed E-state index contributed by atoms with van der Waals surface area (Å²) in [7, 11) is 0. The number of carbonyl (C=O) groups is 1. The molecule has 0 radical (unpaired) electrons. The Kier molecular flexibility index (Phi) is 7.49. The molecule has 6 nitrogen and oxygen atoms in total. The third kappa shape index (κ3) is 5.23. The summed E-state index contributed by atoms with van der Waals surface area (Å²) < 4.78 is 11.8. The molecule has 1 aromatic heterocycles. The van der Waals surface area contributed by atoms with E-state index in [-0.39, 0.29) is 12.5 Å². The van der Waals surface area contributed by atoms with Crippen LogP contribution in [-0.4, -0.2) is 22.2 Å². The molecule has 0 N–H and O–H groups in total. The first kappa shape index (κ1) is 25.4. The highest BCUT2D eigenvalue weighted by atomic mass is 35.5. The molecule has 3 aromatic carbocycles. The first-order valence-corrected chi connectivity index (χ1v) is 13.1. The second-order valence-corrected chi connectivity index (χ2v) is 10.8. The van der Waals surface area contributed by atoms with Gasteiger partial charge in [-0.25, -0.2) is 0 Å². The summed E-state index contributed by atoms with van der Waals surface area (Å²) in [5.74, 6) is 0.528. The van der Waals surface area contributed by atoms with Gasteiger partial charge in [0.1, 0.15) is 24.1 Å². The number of ether oxygens (including phenoxy) is 2. The van der Waals surface area contributed by atoms with Gasteiger partial charge < -0.3 is 9.47 Å². The van der Waals surface area contributed by atoms with Crippen molar-refractivity contribution in [3.8, 4) is 11.5 Å². The Morgan fingerprint density at radius 3 is 2.06 bits per heavy atom. The molecule has 2 heterocycles. The van der Waals surface area contributed by atoms with E-state index in [0.29, 0.717) is 46.8 Å². The van der Waals surface area contributed by atoms with Crippen LogP contribution >= 0.6 is 69.3 Å². The standard InChI is InChI=1S/C24H14Cl5N3O3S/c25-13-3-1-12(2-4-13)21-22(35-19-8-6-15(27)10-17(19)29)23(33)32(21)24-31-30-20(36-24)11-34-18-7-5-14(26)9-16(18)28/h1-10,21-22H,11H2. The van der Waals surface area contributed by atoms with Crippen LogP contribution in [0.3, 0.4) is 0 Å². The van der Waals surface area contributed by atoms with Crippen molar-refractivity contribution in [2.45, 2.75) is 18.8 Å². The summed E-state index contributed by atoms with van der Waals surface area (Å²) in [6.07, 6.45) is -0.832. The number of amides is 1. The van der Waals surface area contributed by atoms with Crippen molar-refractivity contribution in [1.82, 2.24) is 10.2 Å². The van der Waals surface area contributed by atoms with Crippen molar-refractivity contribution in [2.24, 2.45) is 0 Å². The summed E-state index contributed by atoms with van der Waals surface area (Å²) in [6, 6.07) is 16.5. The molecule has 5 rings (SSSR count). The molecule has 0 spiro atoms. The largest absolute Gasteiger partial charge is 0.485 e. The number of benzene rings is 3. The van der Waals surface area contributed by atoms with E-state index < -0.39 is 12.1 Å². The number of rotatable bonds is 7. The SMILES string of the molecule is O=C1C(Oc2ccc(Cl)cc2Cl)C(c2ccc(Cl)cc2)N1c1nnc(COc2ccc(Cl)cc2Cl)s1. The van der Waals surface area contributed by atoms with Gasteiger partial charge in [0.25, 0.3) is 5.91 Å². The Hall–Kier alpha value is -2.26. The monoisotopic (exact) mass is 599 g/mol. The summed E-state index contributed by atoms with van der Waals surface area (Å²) in [4.78, 5) is 14.8. The molecule has 36 heavy (non-hydrogen) atoms. The number of nitrogens with zero attached hydrogens (tertiary/aromatic N) is 3. The van der Waals surface area contributed by atoms with E-state index in [0.717, 1.165) is 5.56 Å². The van der Waals surface area contributed by atoms with E-state index in [1.807, 2.05) is 12.1 Å². The summed E-state index contributed by atoms with van der Waals surface area (Å²) >= 11 is 31.7. The fraction of sp³-hybridized carbons (Fsp3) is 0.125. The number of hydrogen-bond donors (Lipinski definition) is 0. The van der Waals surface area contributed by atoms with E-state index in [1.54, 1.807) is 48.5 Å². The zero-order valence-electron chi connectivity index (χ0n) is 18.0. The molecule has 1 fully saturated rings. The second-order valence-electron chi connectivity index (χ2n) is 7.66. The van der Waals surface area contributed by atoms with Crippen molar-refractivity contribution in [2.75, 3.05) is 4.90 Å². The van der Waals surface area contributed by atoms with Crippen LogP contribution in [0.15, 0.2) is 60.7 Å². The average Bonchev–Trinajstić information content (AvgIpc) is 3.30. The third-order valence-corrected chi connectivity index (χ3v) is 7.52. The van der Waals surface area contributed by atoms with Crippen LogP contribution in [0.5, 0.6) is 11.5 Å². The van der Waals surface area contributed by atoms with E-state index in [1.165, 1.54) is 16.2 Å². The smallest absolute Gasteiger partial charge is 0.273 e. The van der Waals surface area contributed by atoms with E-state index in [4.69, 9.17) is 67.5 Å². The van der Waals surface area contributed by atoms with Gasteiger partial charge in [0.2, 0.25) is 11.2 Å². The minimum absolute atomic E-state index is 0.118. The first-order valence-electron chi connectivity index (χ1n) is 10.4. The van der Waals surface area contributed by atoms with Crippen LogP contribution in [0.25, 0.3) is 0 Å². The zero-order valence-corrected chi connectivity index (χ0v) is 22.6. The van der Waals surface area contributed by atoms with Crippen molar-refractivity contribution in [1.29, 1.82) is 0 Å². The summed E-state index contributed by atoms with van der Waals surface area (Å²) in [6.45, 7) is 0.118. The quantitative estimate of drug-likeness (QED) is 0.201. The van der Waals surface area contributed by atoms with Crippen molar-refractivity contribution in [3.05, 3.63) is 96.3 Å². The Morgan fingerprint density at radius 1 is 0.806 bits per heavy atom. The molecule has 0 bridgehead atoms. The number of aromatic nitrogens is 2. The maximum atomic E-state index is 13.2. The second kappa shape index (κ2) is 10.6. The van der Waals surface area contributed by atoms with Gasteiger partial charge in [-0.05, 0) is 54.1 Å². The van der Waals surface area contributed by atoms with Crippen molar-refractivity contribution in [3.63, 3.8) is 0 Å². The maximum Gasteiger partial charge on any atom is 0.273 e. The minimum atomic E-state index is -0.832. The highest BCUT2D eigenvalue weighted by Gasteiger charge is 2.52. The Labute approximate surface area is 235 Å². The molecule has 1 amide bonds. The fourth-order valence-electron chi connectivity index (χ4n) is 3.61. The summed E-state index contributed by atoms with van der Waals surface area (Å²) in [5.41, 5.74) is 0.815. The molecule has 184 valence electrons. The highest BCUT2D eigenvalue weighted by molar-refractivity contribution is 7.15. The van der Waals surface area contributed by atoms with Crippen molar-refractivity contribution >= 4 is 80.4 Å². The number of halogens is 5. The Morgan fingerprint density at radius 2 is 1.42 bits per heavy atom. The lowest BCUT2D eigenvalue weighted by Gasteiger charge is -2.45. The topological polar surface area (TPSA) is 64.5 Å². The van der Waals surface area contributed by atoms with Gasteiger partial charge in [0.05, 0.1) is 10.0 Å². The van der Waals surface area contributed by atoms with Gasteiger partial charge in [0.15, 0.2) is 5.01 Å². The van der Waals surface area contributed by atoms with Gasteiger partial charge in [-0.2, -0.15) is 0 Å². The van der Waals surface area contributed by atoms with Gasteiger partial charge in [-0.15, -0.1) is 10.2 Å². The number of hydrogen-bond acceptors (Lipinski definition) is 6. The maximum absolute atomic E-state index is 13.2. The molecule has 4 aromatic rings. The minimum Gasteiger partial charge on any atom is -0.485 e. The zero-order chi connectivity index (χ0) is 25.4. The number of anilines is 1. The summed E-state index contributed by atoms with van der Waals surface area (Å²) in [5, 5.41) is 11.6. The molecule has 1 saturated heterocycles. The van der Waals surface area contributed by atoms with Gasteiger partial charge in [-0.3, -0.25) is 9.69 Å². The van der Waals surface area contributed by atoms with Crippen LogP contribution in [0.1, 0.15) is 16.6 Å². The normalized spacial score (nSPS) is 17.1. The van der Waals surface area contributed by atoms with Gasteiger partial charge in [0, 0.05) is 15.1 Å². The van der Waals surface area contributed by atoms with Gasteiger partial charge >= 0.3 is 0 Å². The highest BCUT2D eigenvalue weighted by Crippen LogP contribution is 2.43. The van der Waals surface area contributed by atoms with Gasteiger partial charge in [-0.1, -0.05) is 81.5 Å². The van der Waals surface area contributed by atoms with Crippen molar-refractivity contribution < 1.29 is 14.3 Å². The van der Waals surface area contributed by atoms with Crippen LogP contribution in [0.2, 0.25) is 25.1 Å². The molecular weight excluding hydrogens is 588 g/mol. The molecule has 0 aliphatic carbocycles. The third-order valence-electron chi connectivity index (χ3n) is 5.31. The molecule has 0 saturated carbocycles. The van der Waals surface area contributed by atoms with E-state index in [9.17, 15) is 4.79 Å². The lowest BCUT2D eigenvalue weighted by atomic mass is 9.91. The Bertz CT molecular complexity index is 1430. The van der Waals surface area contributed by atoms with E-state index >= 15 is 0 Å². The molecule has 1 aliphatic rings. The molecule has 2 unspecified atom stereocenters.